The summed E-state index contributed by atoms with van der Waals surface area (Å²) in [5.74, 6) is -0.825. The van der Waals surface area contributed by atoms with Crippen molar-refractivity contribution in [3.8, 4) is 0 Å². The molecule has 0 aromatic heterocycles. The van der Waals surface area contributed by atoms with E-state index in [9.17, 15) is 22.8 Å². The first-order valence-electron chi connectivity index (χ1n) is 7.67. The Labute approximate surface area is 153 Å². The number of alkyl halides is 3. The monoisotopic (exact) mass is 384 g/mol. The van der Waals surface area contributed by atoms with E-state index in [4.69, 9.17) is 11.6 Å². The fourth-order valence-corrected chi connectivity index (χ4v) is 2.41. The molecule has 0 unspecified atom stereocenters. The summed E-state index contributed by atoms with van der Waals surface area (Å²) in [6.07, 6.45) is -4.58. The molecule has 0 bridgehead atoms. The predicted octanol–water partition coefficient (Wildman–Crippen LogP) is 4.74. The number of hydrogen-bond acceptors (Lipinski definition) is 2. The lowest BCUT2D eigenvalue weighted by Crippen LogP contribution is -2.32. The molecule has 8 heteroatoms. The SMILES string of the molecule is CC(=O)N(CCC(=O)Nc1ccc(Cl)cc1)c1cccc(C(F)(F)F)c1. The standard InChI is InChI=1S/C18H16ClF3N2O2/c1-12(25)24(16-4-2-3-13(11-16)18(20,21)22)10-9-17(26)23-15-7-5-14(19)6-8-15/h2-8,11H,9-10H2,1H3,(H,23,26). The highest BCUT2D eigenvalue weighted by molar-refractivity contribution is 6.30. The van der Waals surface area contributed by atoms with E-state index in [1.165, 1.54) is 19.1 Å². The number of benzene rings is 2. The molecule has 138 valence electrons. The van der Waals surface area contributed by atoms with Gasteiger partial charge in [-0.1, -0.05) is 17.7 Å². The maximum absolute atomic E-state index is 12.8. The van der Waals surface area contributed by atoms with E-state index in [0.29, 0.717) is 10.7 Å². The minimum absolute atomic E-state index is 0.0456. The summed E-state index contributed by atoms with van der Waals surface area (Å²) in [5.41, 5.74) is -0.230. The van der Waals surface area contributed by atoms with Gasteiger partial charge in [0.1, 0.15) is 0 Å². The highest BCUT2D eigenvalue weighted by Gasteiger charge is 2.31. The number of carbonyl (C=O) groups is 2. The zero-order valence-corrected chi connectivity index (χ0v) is 14.6. The molecule has 26 heavy (non-hydrogen) atoms. The molecule has 0 saturated heterocycles. The Balaban J connectivity index is 2.05. The van der Waals surface area contributed by atoms with Crippen LogP contribution in [0, 0.1) is 0 Å². The topological polar surface area (TPSA) is 49.4 Å². The Kier molecular flexibility index (Phi) is 6.26. The van der Waals surface area contributed by atoms with Gasteiger partial charge in [0.2, 0.25) is 11.8 Å². The van der Waals surface area contributed by atoms with Crippen LogP contribution in [0.5, 0.6) is 0 Å². The van der Waals surface area contributed by atoms with E-state index < -0.39 is 17.6 Å². The number of hydrogen-bond donors (Lipinski definition) is 1. The third-order valence-electron chi connectivity index (χ3n) is 3.56. The Morgan fingerprint density at radius 1 is 1.12 bits per heavy atom. The highest BCUT2D eigenvalue weighted by atomic mass is 35.5. The maximum Gasteiger partial charge on any atom is 0.416 e. The molecule has 2 aromatic carbocycles. The zero-order valence-electron chi connectivity index (χ0n) is 13.8. The van der Waals surface area contributed by atoms with Gasteiger partial charge in [0, 0.05) is 36.3 Å². The van der Waals surface area contributed by atoms with Crippen molar-refractivity contribution in [1.82, 2.24) is 0 Å². The smallest absolute Gasteiger partial charge is 0.326 e. The fraction of sp³-hybridized carbons (Fsp3) is 0.222. The van der Waals surface area contributed by atoms with Gasteiger partial charge in [-0.2, -0.15) is 13.2 Å². The second-order valence-electron chi connectivity index (χ2n) is 5.52. The number of nitrogens with one attached hydrogen (secondary N) is 1. The van der Waals surface area contributed by atoms with Crippen molar-refractivity contribution in [3.63, 3.8) is 0 Å². The lowest BCUT2D eigenvalue weighted by Gasteiger charge is -2.22. The van der Waals surface area contributed by atoms with Gasteiger partial charge in [-0.05, 0) is 42.5 Å². The lowest BCUT2D eigenvalue weighted by atomic mass is 10.1. The maximum atomic E-state index is 12.8. The lowest BCUT2D eigenvalue weighted by molar-refractivity contribution is -0.137. The first-order valence-corrected chi connectivity index (χ1v) is 8.05. The Bertz CT molecular complexity index is 792. The van der Waals surface area contributed by atoms with Gasteiger partial charge < -0.3 is 10.2 Å². The molecular weight excluding hydrogens is 369 g/mol. The van der Waals surface area contributed by atoms with Crippen LogP contribution in [-0.4, -0.2) is 18.4 Å². The van der Waals surface area contributed by atoms with Crippen molar-refractivity contribution in [3.05, 3.63) is 59.1 Å². The van der Waals surface area contributed by atoms with E-state index in [1.54, 1.807) is 24.3 Å². The number of rotatable bonds is 5. The summed E-state index contributed by atoms with van der Waals surface area (Å²) in [7, 11) is 0. The number of nitrogens with zero attached hydrogens (tertiary/aromatic N) is 1. The summed E-state index contributed by atoms with van der Waals surface area (Å²) in [4.78, 5) is 25.0. The molecule has 0 spiro atoms. The molecule has 0 saturated carbocycles. The third kappa shape index (κ3) is 5.49. The Hall–Kier alpha value is -2.54. The van der Waals surface area contributed by atoms with Crippen LogP contribution in [0.25, 0.3) is 0 Å². The van der Waals surface area contributed by atoms with Crippen LogP contribution in [0.1, 0.15) is 18.9 Å². The van der Waals surface area contributed by atoms with Crippen LogP contribution in [0.3, 0.4) is 0 Å². The van der Waals surface area contributed by atoms with Crippen LogP contribution in [0.15, 0.2) is 48.5 Å². The molecule has 2 rings (SSSR count). The number of carbonyl (C=O) groups excluding carboxylic acids is 2. The van der Waals surface area contributed by atoms with Crippen LogP contribution in [0.4, 0.5) is 24.5 Å². The summed E-state index contributed by atoms with van der Waals surface area (Å²) >= 11 is 5.76. The van der Waals surface area contributed by atoms with Gasteiger partial charge in [0.05, 0.1) is 5.56 Å². The van der Waals surface area contributed by atoms with Gasteiger partial charge in [0.25, 0.3) is 0 Å². The van der Waals surface area contributed by atoms with Crippen molar-refractivity contribution in [2.45, 2.75) is 19.5 Å². The number of anilines is 2. The van der Waals surface area contributed by atoms with Gasteiger partial charge in [0.15, 0.2) is 0 Å². The second-order valence-corrected chi connectivity index (χ2v) is 5.96. The molecule has 0 radical (unpaired) electrons. The molecule has 0 atom stereocenters. The van der Waals surface area contributed by atoms with E-state index in [-0.39, 0.29) is 24.6 Å². The van der Waals surface area contributed by atoms with Crippen LogP contribution in [0.2, 0.25) is 5.02 Å². The average Bonchev–Trinajstić information content (AvgIpc) is 2.56. The minimum atomic E-state index is -4.51. The Morgan fingerprint density at radius 2 is 1.77 bits per heavy atom. The van der Waals surface area contributed by atoms with E-state index in [0.717, 1.165) is 17.0 Å². The molecular formula is C18H16ClF3N2O2. The highest BCUT2D eigenvalue weighted by Crippen LogP contribution is 2.31. The summed E-state index contributed by atoms with van der Waals surface area (Å²) in [5, 5.41) is 3.16. The largest absolute Gasteiger partial charge is 0.416 e. The van der Waals surface area contributed by atoms with Crippen molar-refractivity contribution in [2.75, 3.05) is 16.8 Å². The molecule has 0 aliphatic rings. The van der Waals surface area contributed by atoms with Crippen molar-refractivity contribution in [1.29, 1.82) is 0 Å². The quantitative estimate of drug-likeness (QED) is 0.809. The van der Waals surface area contributed by atoms with Gasteiger partial charge >= 0.3 is 6.18 Å². The first kappa shape index (κ1) is 19.8. The van der Waals surface area contributed by atoms with E-state index in [1.807, 2.05) is 0 Å². The van der Waals surface area contributed by atoms with Crippen molar-refractivity contribution >= 4 is 34.8 Å². The first-order chi connectivity index (χ1) is 12.2. The molecule has 0 aliphatic carbocycles. The van der Waals surface area contributed by atoms with Crippen molar-refractivity contribution in [2.24, 2.45) is 0 Å². The van der Waals surface area contributed by atoms with Crippen molar-refractivity contribution < 1.29 is 22.8 Å². The Morgan fingerprint density at radius 3 is 2.35 bits per heavy atom. The fourth-order valence-electron chi connectivity index (χ4n) is 2.29. The summed E-state index contributed by atoms with van der Waals surface area (Å²) in [6, 6.07) is 10.9. The molecule has 4 nitrogen and oxygen atoms in total. The van der Waals surface area contributed by atoms with E-state index >= 15 is 0 Å². The van der Waals surface area contributed by atoms with Crippen LogP contribution >= 0.6 is 11.6 Å². The third-order valence-corrected chi connectivity index (χ3v) is 3.81. The molecule has 2 amide bonds. The molecule has 0 aliphatic heterocycles. The molecule has 2 aromatic rings. The van der Waals surface area contributed by atoms with Gasteiger partial charge in [-0.15, -0.1) is 0 Å². The normalized spacial score (nSPS) is 11.1. The summed E-state index contributed by atoms with van der Waals surface area (Å²) < 4.78 is 38.5. The average molecular weight is 385 g/mol. The predicted molar refractivity (Wildman–Crippen MR) is 94.2 cm³/mol. The molecule has 0 fully saturated rings. The van der Waals surface area contributed by atoms with Crippen LogP contribution < -0.4 is 10.2 Å². The van der Waals surface area contributed by atoms with Gasteiger partial charge in [-0.25, -0.2) is 0 Å². The number of halogens is 4. The molecule has 1 N–H and O–H groups in total. The zero-order chi connectivity index (χ0) is 19.3. The summed E-state index contributed by atoms with van der Waals surface area (Å²) in [6.45, 7) is 1.19. The van der Waals surface area contributed by atoms with Crippen LogP contribution in [-0.2, 0) is 15.8 Å². The van der Waals surface area contributed by atoms with E-state index in [2.05, 4.69) is 5.32 Å². The minimum Gasteiger partial charge on any atom is -0.326 e. The molecule has 0 heterocycles. The van der Waals surface area contributed by atoms with Gasteiger partial charge in [-0.3, -0.25) is 9.59 Å². The number of amides is 2. The second kappa shape index (κ2) is 8.23.